The first-order valence-corrected chi connectivity index (χ1v) is 10.9. The van der Waals surface area contributed by atoms with Crippen molar-refractivity contribution in [2.75, 3.05) is 0 Å². The predicted octanol–water partition coefficient (Wildman–Crippen LogP) is 3.69. The maximum atomic E-state index is 12.6. The van der Waals surface area contributed by atoms with E-state index >= 15 is 0 Å². The molecular formula is C23H20ClN7O. The number of carbonyl (C=O) groups is 1. The number of carbonyl (C=O) groups excluding carboxylic acids is 1. The van der Waals surface area contributed by atoms with Crippen LogP contribution in [-0.2, 0) is 13.1 Å². The Labute approximate surface area is 188 Å². The Hall–Kier alpha value is -3.65. The maximum absolute atomic E-state index is 12.6. The molecule has 1 aliphatic rings. The maximum Gasteiger partial charge on any atom is 0.254 e. The molecule has 0 saturated heterocycles. The second kappa shape index (κ2) is 7.49. The van der Waals surface area contributed by atoms with Gasteiger partial charge in [0.15, 0.2) is 0 Å². The van der Waals surface area contributed by atoms with Gasteiger partial charge >= 0.3 is 0 Å². The monoisotopic (exact) mass is 445 g/mol. The molecule has 0 aromatic carbocycles. The Morgan fingerprint density at radius 1 is 1.16 bits per heavy atom. The average molecular weight is 446 g/mol. The van der Waals surface area contributed by atoms with E-state index in [9.17, 15) is 4.79 Å². The largest absolute Gasteiger partial charge is 0.346 e. The lowest BCUT2D eigenvalue weighted by Gasteiger charge is -2.02. The Kier molecular flexibility index (Phi) is 4.46. The third kappa shape index (κ3) is 3.62. The molecule has 8 nitrogen and oxygen atoms in total. The number of rotatable bonds is 6. The van der Waals surface area contributed by atoms with Crippen LogP contribution in [0.15, 0.2) is 61.6 Å². The molecular weight excluding hydrogens is 426 g/mol. The summed E-state index contributed by atoms with van der Waals surface area (Å²) in [5, 5.41) is 7.87. The summed E-state index contributed by atoms with van der Waals surface area (Å²) in [4.78, 5) is 21.6. The van der Waals surface area contributed by atoms with Crippen molar-refractivity contribution in [1.29, 1.82) is 0 Å². The highest BCUT2D eigenvalue weighted by atomic mass is 35.5. The van der Waals surface area contributed by atoms with Crippen molar-refractivity contribution in [3.8, 4) is 0 Å². The zero-order chi connectivity index (χ0) is 21.7. The van der Waals surface area contributed by atoms with E-state index in [2.05, 4.69) is 43.1 Å². The first kappa shape index (κ1) is 19.1. The average Bonchev–Trinajstić information content (AvgIpc) is 3.21. The molecule has 6 rings (SSSR count). The van der Waals surface area contributed by atoms with E-state index in [4.69, 9.17) is 11.6 Å². The summed E-state index contributed by atoms with van der Waals surface area (Å²) < 4.78 is 5.67. The number of aromatic nitrogens is 6. The van der Waals surface area contributed by atoms with E-state index in [1.54, 1.807) is 29.5 Å². The van der Waals surface area contributed by atoms with E-state index in [0.29, 0.717) is 29.6 Å². The van der Waals surface area contributed by atoms with E-state index in [1.807, 2.05) is 22.9 Å². The molecule has 0 atom stereocenters. The van der Waals surface area contributed by atoms with E-state index in [1.165, 1.54) is 18.4 Å². The van der Waals surface area contributed by atoms with Crippen LogP contribution in [0.25, 0.3) is 11.2 Å². The zero-order valence-electron chi connectivity index (χ0n) is 17.1. The van der Waals surface area contributed by atoms with Gasteiger partial charge in [-0.2, -0.15) is 5.10 Å². The number of fused-ring (bicyclic) bond motifs is 2. The molecule has 0 unspecified atom stereocenters. The van der Waals surface area contributed by atoms with Crippen LogP contribution in [0.4, 0.5) is 0 Å². The van der Waals surface area contributed by atoms with Gasteiger partial charge in [-0.05, 0) is 42.5 Å². The summed E-state index contributed by atoms with van der Waals surface area (Å²) in [5.74, 6) is 0.498. The van der Waals surface area contributed by atoms with Crippen molar-refractivity contribution in [3.63, 3.8) is 0 Å². The van der Waals surface area contributed by atoms with Crippen molar-refractivity contribution in [1.82, 2.24) is 33.9 Å². The number of imidazole rings is 2. The first-order chi connectivity index (χ1) is 15.6. The fourth-order valence-electron chi connectivity index (χ4n) is 3.95. The Morgan fingerprint density at radius 3 is 2.94 bits per heavy atom. The van der Waals surface area contributed by atoms with Crippen LogP contribution in [-0.4, -0.2) is 34.5 Å². The number of hydrogen-bond donors (Lipinski definition) is 1. The van der Waals surface area contributed by atoms with Crippen LogP contribution in [0.3, 0.4) is 0 Å². The van der Waals surface area contributed by atoms with Gasteiger partial charge in [-0.25, -0.2) is 9.97 Å². The standard InChI is InChI=1S/C23H20ClN7O/c24-18-5-6-29-14-26-20(21(29)7-18)9-25-23(32)17-8-27-31(11-17)13-19-12-30-10-16(15-1-2-15)3-4-22(30)28-19/h3-8,10-12,14-15H,1-2,9,13H2,(H,25,32). The van der Waals surface area contributed by atoms with Gasteiger partial charge in [-0.15, -0.1) is 0 Å². The summed E-state index contributed by atoms with van der Waals surface area (Å²) in [5.41, 5.74) is 5.29. The number of nitrogens with one attached hydrogen (secondary N) is 1. The fourth-order valence-corrected chi connectivity index (χ4v) is 4.11. The molecule has 5 heterocycles. The summed E-state index contributed by atoms with van der Waals surface area (Å²) in [7, 11) is 0. The molecule has 0 radical (unpaired) electrons. The molecule has 5 aromatic heterocycles. The van der Waals surface area contributed by atoms with Gasteiger partial charge < -0.3 is 14.1 Å². The van der Waals surface area contributed by atoms with Gasteiger partial charge in [0, 0.05) is 29.8 Å². The molecule has 5 aromatic rings. The van der Waals surface area contributed by atoms with Gasteiger partial charge in [0.25, 0.3) is 5.91 Å². The van der Waals surface area contributed by atoms with Gasteiger partial charge in [0.05, 0.1) is 48.1 Å². The van der Waals surface area contributed by atoms with Gasteiger partial charge in [-0.3, -0.25) is 9.48 Å². The number of halogens is 1. The summed E-state index contributed by atoms with van der Waals surface area (Å²) >= 11 is 6.08. The molecule has 0 aliphatic heterocycles. The molecule has 1 aliphatic carbocycles. The first-order valence-electron chi connectivity index (χ1n) is 10.5. The third-order valence-corrected chi connectivity index (χ3v) is 6.02. The number of pyridine rings is 2. The summed E-state index contributed by atoms with van der Waals surface area (Å²) in [6.07, 6.45) is 13.6. The normalized spacial score (nSPS) is 13.8. The zero-order valence-corrected chi connectivity index (χ0v) is 17.9. The number of amides is 1. The van der Waals surface area contributed by atoms with E-state index < -0.39 is 0 Å². The Balaban J connectivity index is 1.13. The molecule has 0 spiro atoms. The minimum Gasteiger partial charge on any atom is -0.346 e. The van der Waals surface area contributed by atoms with Crippen molar-refractivity contribution in [3.05, 3.63) is 89.1 Å². The van der Waals surface area contributed by atoms with Crippen molar-refractivity contribution in [2.24, 2.45) is 0 Å². The second-order valence-corrected chi connectivity index (χ2v) is 8.61. The molecule has 1 amide bonds. The molecule has 1 N–H and O–H groups in total. The minimum absolute atomic E-state index is 0.205. The van der Waals surface area contributed by atoms with Crippen LogP contribution < -0.4 is 5.32 Å². The quantitative estimate of drug-likeness (QED) is 0.432. The Morgan fingerprint density at radius 2 is 2.06 bits per heavy atom. The lowest BCUT2D eigenvalue weighted by molar-refractivity contribution is 0.0950. The lowest BCUT2D eigenvalue weighted by atomic mass is 10.2. The van der Waals surface area contributed by atoms with Crippen molar-refractivity contribution < 1.29 is 4.79 Å². The second-order valence-electron chi connectivity index (χ2n) is 8.17. The number of hydrogen-bond acceptors (Lipinski definition) is 4. The highest BCUT2D eigenvalue weighted by molar-refractivity contribution is 6.30. The molecule has 160 valence electrons. The molecule has 9 heteroatoms. The van der Waals surface area contributed by atoms with Crippen molar-refractivity contribution >= 4 is 28.7 Å². The van der Waals surface area contributed by atoms with Gasteiger partial charge in [0.2, 0.25) is 0 Å². The number of nitrogens with zero attached hydrogens (tertiary/aromatic N) is 6. The minimum atomic E-state index is -0.205. The van der Waals surface area contributed by atoms with Crippen LogP contribution >= 0.6 is 11.6 Å². The van der Waals surface area contributed by atoms with Crippen molar-refractivity contribution in [2.45, 2.75) is 31.8 Å². The van der Waals surface area contributed by atoms with E-state index in [-0.39, 0.29) is 5.91 Å². The SMILES string of the molecule is O=C(NCc1ncn2ccc(Cl)cc12)c1cnn(Cc2cn3cc(C4CC4)ccc3n2)c1. The highest BCUT2D eigenvalue weighted by Gasteiger charge is 2.23. The van der Waals surface area contributed by atoms with Crippen LogP contribution in [0.1, 0.15) is 46.1 Å². The van der Waals surface area contributed by atoms with Gasteiger partial charge in [-0.1, -0.05) is 17.7 Å². The van der Waals surface area contributed by atoms with Crippen LogP contribution in [0, 0.1) is 0 Å². The summed E-state index contributed by atoms with van der Waals surface area (Å²) in [6.45, 7) is 0.800. The van der Waals surface area contributed by atoms with E-state index in [0.717, 1.165) is 22.6 Å². The van der Waals surface area contributed by atoms with Crippen LogP contribution in [0.5, 0.6) is 0 Å². The lowest BCUT2D eigenvalue weighted by Crippen LogP contribution is -2.22. The van der Waals surface area contributed by atoms with Gasteiger partial charge in [0.1, 0.15) is 5.65 Å². The topological polar surface area (TPSA) is 81.5 Å². The fraction of sp³-hybridized carbons (Fsp3) is 0.217. The molecule has 1 fully saturated rings. The predicted molar refractivity (Wildman–Crippen MR) is 120 cm³/mol. The van der Waals surface area contributed by atoms with Crippen LogP contribution in [0.2, 0.25) is 5.02 Å². The third-order valence-electron chi connectivity index (χ3n) is 5.79. The molecule has 32 heavy (non-hydrogen) atoms. The molecule has 0 bridgehead atoms. The molecule has 1 saturated carbocycles. The summed E-state index contributed by atoms with van der Waals surface area (Å²) in [6, 6.07) is 7.85. The smallest absolute Gasteiger partial charge is 0.254 e. The Bertz CT molecular complexity index is 1460. The highest BCUT2D eigenvalue weighted by Crippen LogP contribution is 2.39.